The number of anilines is 3. The standard InChI is InChI=1S/C19H15ClFN3O2/c1-26-16-5-2-13(3-6-16)23-15-8-12(10-22-11-15)19(25)24-14-4-7-18(21)17(20)9-14/h2-11,23H,1H3,(H,24,25). The molecule has 0 bridgehead atoms. The van der Waals surface area contributed by atoms with E-state index in [1.54, 1.807) is 19.4 Å². The molecule has 0 aliphatic rings. The Labute approximate surface area is 154 Å². The first kappa shape index (κ1) is 17.7. The molecular weight excluding hydrogens is 357 g/mol. The van der Waals surface area contributed by atoms with E-state index in [0.29, 0.717) is 16.9 Å². The molecule has 2 aromatic carbocycles. The Morgan fingerprint density at radius 3 is 2.46 bits per heavy atom. The zero-order valence-corrected chi connectivity index (χ0v) is 14.5. The minimum atomic E-state index is -0.544. The van der Waals surface area contributed by atoms with Gasteiger partial charge in [0, 0.05) is 17.6 Å². The van der Waals surface area contributed by atoms with Crippen molar-refractivity contribution in [2.45, 2.75) is 0 Å². The van der Waals surface area contributed by atoms with Gasteiger partial charge in [-0.15, -0.1) is 0 Å². The van der Waals surface area contributed by atoms with Gasteiger partial charge in [0.05, 0.1) is 29.6 Å². The lowest BCUT2D eigenvalue weighted by Gasteiger charge is -2.09. The predicted molar refractivity (Wildman–Crippen MR) is 99.9 cm³/mol. The van der Waals surface area contributed by atoms with Crippen molar-refractivity contribution in [1.29, 1.82) is 0 Å². The Morgan fingerprint density at radius 1 is 1.04 bits per heavy atom. The van der Waals surface area contributed by atoms with Crippen LogP contribution in [0.1, 0.15) is 10.4 Å². The summed E-state index contributed by atoms with van der Waals surface area (Å²) in [6.45, 7) is 0. The van der Waals surface area contributed by atoms with Crippen molar-refractivity contribution in [3.05, 3.63) is 77.3 Å². The van der Waals surface area contributed by atoms with E-state index in [-0.39, 0.29) is 10.9 Å². The van der Waals surface area contributed by atoms with Crippen LogP contribution in [0.4, 0.5) is 21.5 Å². The van der Waals surface area contributed by atoms with Crippen LogP contribution >= 0.6 is 11.6 Å². The molecule has 3 aromatic rings. The number of carbonyl (C=O) groups is 1. The highest BCUT2D eigenvalue weighted by Crippen LogP contribution is 2.22. The van der Waals surface area contributed by atoms with E-state index in [2.05, 4.69) is 15.6 Å². The van der Waals surface area contributed by atoms with Gasteiger partial charge in [-0.1, -0.05) is 11.6 Å². The predicted octanol–water partition coefficient (Wildman–Crippen LogP) is 4.88. The number of nitrogens with zero attached hydrogens (tertiary/aromatic N) is 1. The minimum Gasteiger partial charge on any atom is -0.497 e. The van der Waals surface area contributed by atoms with Crippen molar-refractivity contribution in [1.82, 2.24) is 4.98 Å². The highest BCUT2D eigenvalue weighted by Gasteiger charge is 2.09. The van der Waals surface area contributed by atoms with Gasteiger partial charge in [0.25, 0.3) is 5.91 Å². The SMILES string of the molecule is COc1ccc(Nc2cncc(C(=O)Nc3ccc(F)c(Cl)c3)c2)cc1. The van der Waals surface area contributed by atoms with Gasteiger partial charge in [-0.25, -0.2) is 4.39 Å². The molecular formula is C19H15ClFN3O2. The lowest BCUT2D eigenvalue weighted by Crippen LogP contribution is -2.12. The van der Waals surface area contributed by atoms with Gasteiger partial charge in [-0.2, -0.15) is 0 Å². The number of pyridine rings is 1. The zero-order valence-electron chi connectivity index (χ0n) is 13.8. The summed E-state index contributed by atoms with van der Waals surface area (Å²) in [7, 11) is 1.60. The van der Waals surface area contributed by atoms with Gasteiger partial charge in [0.15, 0.2) is 0 Å². The number of methoxy groups -OCH3 is 1. The summed E-state index contributed by atoms with van der Waals surface area (Å²) in [6.07, 6.45) is 3.05. The van der Waals surface area contributed by atoms with Gasteiger partial charge in [0.2, 0.25) is 0 Å². The van der Waals surface area contributed by atoms with Crippen LogP contribution in [-0.4, -0.2) is 18.0 Å². The lowest BCUT2D eigenvalue weighted by molar-refractivity contribution is 0.102. The Morgan fingerprint density at radius 2 is 1.77 bits per heavy atom. The van der Waals surface area contributed by atoms with Crippen molar-refractivity contribution in [2.75, 3.05) is 17.7 Å². The van der Waals surface area contributed by atoms with Crippen LogP contribution < -0.4 is 15.4 Å². The number of hydrogen-bond donors (Lipinski definition) is 2. The first-order chi connectivity index (χ1) is 12.5. The number of benzene rings is 2. The second kappa shape index (κ2) is 7.84. The molecule has 0 radical (unpaired) electrons. The first-order valence-corrected chi connectivity index (χ1v) is 8.05. The molecule has 0 aliphatic carbocycles. The fourth-order valence-corrected chi connectivity index (χ4v) is 2.43. The largest absolute Gasteiger partial charge is 0.497 e. The molecule has 7 heteroatoms. The molecule has 1 heterocycles. The van der Waals surface area contributed by atoms with E-state index in [0.717, 1.165) is 11.4 Å². The normalized spacial score (nSPS) is 10.3. The third kappa shape index (κ3) is 4.29. The number of aromatic nitrogens is 1. The van der Waals surface area contributed by atoms with Gasteiger partial charge >= 0.3 is 0 Å². The molecule has 0 aliphatic heterocycles. The maximum Gasteiger partial charge on any atom is 0.257 e. The van der Waals surface area contributed by atoms with Crippen LogP contribution in [0.2, 0.25) is 5.02 Å². The summed E-state index contributed by atoms with van der Waals surface area (Å²) >= 11 is 5.72. The Hall–Kier alpha value is -3.12. The molecule has 1 aromatic heterocycles. The van der Waals surface area contributed by atoms with Crippen LogP contribution in [0.3, 0.4) is 0 Å². The Bertz CT molecular complexity index is 932. The average molecular weight is 372 g/mol. The molecule has 0 saturated heterocycles. The minimum absolute atomic E-state index is 0.0594. The van der Waals surface area contributed by atoms with E-state index < -0.39 is 5.82 Å². The number of carbonyl (C=O) groups excluding carboxylic acids is 1. The summed E-state index contributed by atoms with van der Waals surface area (Å²) in [4.78, 5) is 16.4. The summed E-state index contributed by atoms with van der Waals surface area (Å²) < 4.78 is 18.3. The molecule has 0 fully saturated rings. The van der Waals surface area contributed by atoms with Crippen LogP contribution in [-0.2, 0) is 0 Å². The number of hydrogen-bond acceptors (Lipinski definition) is 4. The Kier molecular flexibility index (Phi) is 5.34. The highest BCUT2D eigenvalue weighted by atomic mass is 35.5. The van der Waals surface area contributed by atoms with E-state index in [1.165, 1.54) is 24.4 Å². The monoisotopic (exact) mass is 371 g/mol. The number of rotatable bonds is 5. The third-order valence-electron chi connectivity index (χ3n) is 3.56. The molecule has 132 valence electrons. The second-order valence-electron chi connectivity index (χ2n) is 5.40. The molecule has 2 N–H and O–H groups in total. The van der Waals surface area contributed by atoms with Gasteiger partial charge in [-0.05, 0) is 48.5 Å². The molecule has 26 heavy (non-hydrogen) atoms. The fourth-order valence-electron chi connectivity index (χ4n) is 2.25. The maximum absolute atomic E-state index is 13.2. The summed E-state index contributed by atoms with van der Waals surface area (Å²) in [5.41, 5.74) is 2.23. The lowest BCUT2D eigenvalue weighted by atomic mass is 10.2. The van der Waals surface area contributed by atoms with Crippen LogP contribution in [0.25, 0.3) is 0 Å². The fraction of sp³-hybridized carbons (Fsp3) is 0.0526. The third-order valence-corrected chi connectivity index (χ3v) is 3.85. The van der Waals surface area contributed by atoms with Crippen molar-refractivity contribution < 1.29 is 13.9 Å². The van der Waals surface area contributed by atoms with Crippen LogP contribution in [0.15, 0.2) is 60.9 Å². The molecule has 0 unspecified atom stereocenters. The number of ether oxygens (including phenoxy) is 1. The second-order valence-corrected chi connectivity index (χ2v) is 5.81. The molecule has 5 nitrogen and oxygen atoms in total. The quantitative estimate of drug-likeness (QED) is 0.671. The topological polar surface area (TPSA) is 63.2 Å². The van der Waals surface area contributed by atoms with Gasteiger partial charge in [-0.3, -0.25) is 9.78 Å². The number of nitrogens with one attached hydrogen (secondary N) is 2. The van der Waals surface area contributed by atoms with E-state index in [4.69, 9.17) is 16.3 Å². The molecule has 0 atom stereocenters. The summed E-state index contributed by atoms with van der Waals surface area (Å²) in [6, 6.07) is 13.0. The molecule has 1 amide bonds. The molecule has 0 saturated carbocycles. The van der Waals surface area contributed by atoms with Crippen LogP contribution in [0.5, 0.6) is 5.75 Å². The molecule has 0 spiro atoms. The van der Waals surface area contributed by atoms with E-state index in [9.17, 15) is 9.18 Å². The van der Waals surface area contributed by atoms with Crippen molar-refractivity contribution in [3.63, 3.8) is 0 Å². The van der Waals surface area contributed by atoms with Crippen LogP contribution in [0, 0.1) is 5.82 Å². The maximum atomic E-state index is 13.2. The van der Waals surface area contributed by atoms with Crippen molar-refractivity contribution in [3.8, 4) is 5.75 Å². The van der Waals surface area contributed by atoms with Gasteiger partial charge < -0.3 is 15.4 Å². The summed E-state index contributed by atoms with van der Waals surface area (Å²) in [5.74, 6) is -0.171. The van der Waals surface area contributed by atoms with Crippen molar-refractivity contribution in [2.24, 2.45) is 0 Å². The highest BCUT2D eigenvalue weighted by molar-refractivity contribution is 6.31. The Balaban J connectivity index is 1.73. The first-order valence-electron chi connectivity index (χ1n) is 7.67. The molecule has 3 rings (SSSR count). The van der Waals surface area contributed by atoms with Gasteiger partial charge in [0.1, 0.15) is 11.6 Å². The number of halogens is 2. The smallest absolute Gasteiger partial charge is 0.257 e. The van der Waals surface area contributed by atoms with Crippen molar-refractivity contribution >= 4 is 34.6 Å². The van der Waals surface area contributed by atoms with E-state index in [1.807, 2.05) is 24.3 Å². The van der Waals surface area contributed by atoms with E-state index >= 15 is 0 Å². The zero-order chi connectivity index (χ0) is 18.5. The average Bonchev–Trinajstić information content (AvgIpc) is 2.65. The summed E-state index contributed by atoms with van der Waals surface area (Å²) in [5, 5.41) is 5.76. The number of amides is 1.